The summed E-state index contributed by atoms with van der Waals surface area (Å²) < 4.78 is 0. The summed E-state index contributed by atoms with van der Waals surface area (Å²) in [7, 11) is 1.88. The van der Waals surface area contributed by atoms with E-state index in [2.05, 4.69) is 5.32 Å². The van der Waals surface area contributed by atoms with Crippen LogP contribution in [0.15, 0.2) is 18.2 Å². The molecule has 7 nitrogen and oxygen atoms in total. The van der Waals surface area contributed by atoms with Gasteiger partial charge in [-0.05, 0) is 33.4 Å². The predicted octanol–water partition coefficient (Wildman–Crippen LogP) is 1.93. The van der Waals surface area contributed by atoms with Crippen LogP contribution in [-0.4, -0.2) is 47.1 Å². The Morgan fingerprint density at radius 3 is 2.73 bits per heavy atom. The Kier molecular flexibility index (Phi) is 6.94. The van der Waals surface area contributed by atoms with E-state index in [1.807, 2.05) is 11.9 Å². The molecule has 0 fully saturated rings. The van der Waals surface area contributed by atoms with Crippen LogP contribution in [0.3, 0.4) is 0 Å². The molecule has 1 amide bonds. The van der Waals surface area contributed by atoms with E-state index >= 15 is 0 Å². The highest BCUT2D eigenvalue weighted by Crippen LogP contribution is 2.25. The van der Waals surface area contributed by atoms with Gasteiger partial charge < -0.3 is 15.3 Å². The number of carbonyl (C=O) groups is 1. The molecule has 1 aromatic rings. The van der Waals surface area contributed by atoms with Gasteiger partial charge >= 0.3 is 0 Å². The third-order valence-electron chi connectivity index (χ3n) is 3.43. The zero-order chi connectivity index (χ0) is 16.7. The molecule has 1 atom stereocenters. The molecule has 2 N–H and O–H groups in total. The predicted molar refractivity (Wildman–Crippen MR) is 84.9 cm³/mol. The minimum absolute atomic E-state index is 0.00754. The van der Waals surface area contributed by atoms with Gasteiger partial charge in [0.25, 0.3) is 5.69 Å². The Labute approximate surface area is 130 Å². The number of aliphatic hydroxyl groups is 1. The summed E-state index contributed by atoms with van der Waals surface area (Å²) >= 11 is 0. The maximum Gasteiger partial charge on any atom is 0.274 e. The standard InChI is InChI=1S/C15H23N3O4/c1-11(19)7-9-17(3)10-8-15(20)16-13-5-4-6-14(12(13)2)18(21)22/h4-6,11,19H,7-10H2,1-3H3,(H,16,20). The normalized spacial score (nSPS) is 12.2. The summed E-state index contributed by atoms with van der Waals surface area (Å²) in [6, 6.07) is 4.61. The van der Waals surface area contributed by atoms with Crippen LogP contribution in [0.25, 0.3) is 0 Å². The molecule has 0 bridgehead atoms. The number of benzene rings is 1. The molecule has 0 radical (unpaired) electrons. The number of aliphatic hydroxyl groups excluding tert-OH is 1. The molecule has 0 saturated carbocycles. The van der Waals surface area contributed by atoms with Crippen LogP contribution >= 0.6 is 0 Å². The number of nitro groups is 1. The highest BCUT2D eigenvalue weighted by molar-refractivity contribution is 5.92. The van der Waals surface area contributed by atoms with Crippen molar-refractivity contribution in [2.75, 3.05) is 25.5 Å². The zero-order valence-corrected chi connectivity index (χ0v) is 13.2. The van der Waals surface area contributed by atoms with E-state index in [0.717, 1.165) is 0 Å². The van der Waals surface area contributed by atoms with E-state index in [9.17, 15) is 20.0 Å². The monoisotopic (exact) mass is 309 g/mol. The molecule has 0 aliphatic rings. The quantitative estimate of drug-likeness (QED) is 0.565. The summed E-state index contributed by atoms with van der Waals surface area (Å²) in [4.78, 5) is 24.3. The van der Waals surface area contributed by atoms with Crippen LogP contribution in [0.5, 0.6) is 0 Å². The maximum atomic E-state index is 11.9. The summed E-state index contributed by atoms with van der Waals surface area (Å²) in [6.45, 7) is 4.61. The minimum atomic E-state index is -0.463. The van der Waals surface area contributed by atoms with Crippen LogP contribution in [0, 0.1) is 17.0 Å². The first kappa shape index (κ1) is 18.1. The summed E-state index contributed by atoms with van der Waals surface area (Å²) in [5.41, 5.74) is 0.904. The molecule has 122 valence electrons. The largest absolute Gasteiger partial charge is 0.393 e. The number of hydrogen-bond donors (Lipinski definition) is 2. The number of nitro benzene ring substituents is 1. The molecule has 0 aromatic heterocycles. The lowest BCUT2D eigenvalue weighted by atomic mass is 10.1. The van der Waals surface area contributed by atoms with E-state index < -0.39 is 4.92 Å². The number of nitrogens with zero attached hydrogens (tertiary/aromatic N) is 2. The summed E-state index contributed by atoms with van der Waals surface area (Å²) in [6.07, 6.45) is 0.587. The van der Waals surface area contributed by atoms with Gasteiger partial charge in [0.1, 0.15) is 0 Å². The second kappa shape index (κ2) is 8.45. The molecule has 1 aromatic carbocycles. The lowest BCUT2D eigenvalue weighted by Crippen LogP contribution is -2.27. The molecular formula is C15H23N3O4. The van der Waals surface area contributed by atoms with Gasteiger partial charge in [0, 0.05) is 25.6 Å². The Bertz CT molecular complexity index is 532. The fraction of sp³-hybridized carbons (Fsp3) is 0.533. The van der Waals surface area contributed by atoms with Gasteiger partial charge in [-0.1, -0.05) is 6.07 Å². The van der Waals surface area contributed by atoms with Gasteiger partial charge in [-0.25, -0.2) is 0 Å². The average molecular weight is 309 g/mol. The molecule has 0 saturated heterocycles. The Hall–Kier alpha value is -1.99. The lowest BCUT2D eigenvalue weighted by molar-refractivity contribution is -0.385. The van der Waals surface area contributed by atoms with Crippen LogP contribution < -0.4 is 5.32 Å². The first-order valence-electron chi connectivity index (χ1n) is 7.21. The number of carbonyl (C=O) groups excluding carboxylic acids is 1. The van der Waals surface area contributed by atoms with E-state index in [4.69, 9.17) is 0 Å². The van der Waals surface area contributed by atoms with Gasteiger partial charge in [0.15, 0.2) is 0 Å². The van der Waals surface area contributed by atoms with Crippen molar-refractivity contribution in [1.29, 1.82) is 0 Å². The Morgan fingerprint density at radius 2 is 2.14 bits per heavy atom. The van der Waals surface area contributed by atoms with Gasteiger partial charge in [0.05, 0.1) is 22.3 Å². The fourth-order valence-corrected chi connectivity index (χ4v) is 1.98. The van der Waals surface area contributed by atoms with Crippen molar-refractivity contribution >= 4 is 17.3 Å². The molecule has 0 heterocycles. The van der Waals surface area contributed by atoms with Crippen molar-refractivity contribution in [2.45, 2.75) is 32.8 Å². The number of rotatable bonds is 8. The van der Waals surface area contributed by atoms with E-state index in [1.165, 1.54) is 6.07 Å². The molecule has 7 heteroatoms. The van der Waals surface area contributed by atoms with E-state index in [-0.39, 0.29) is 17.7 Å². The van der Waals surface area contributed by atoms with Crippen molar-refractivity contribution in [2.24, 2.45) is 0 Å². The van der Waals surface area contributed by atoms with Gasteiger partial charge in [-0.15, -0.1) is 0 Å². The summed E-state index contributed by atoms with van der Waals surface area (Å²) in [5.74, 6) is -0.188. The third kappa shape index (κ3) is 5.79. The SMILES string of the molecule is Cc1c(NC(=O)CCN(C)CCC(C)O)cccc1[N+](=O)[O-]. The second-order valence-corrected chi connectivity index (χ2v) is 5.45. The molecular weight excluding hydrogens is 286 g/mol. The van der Waals surface area contributed by atoms with Crippen LogP contribution in [0.1, 0.15) is 25.3 Å². The number of nitrogens with one attached hydrogen (secondary N) is 1. The smallest absolute Gasteiger partial charge is 0.274 e. The van der Waals surface area contributed by atoms with Crippen molar-refractivity contribution in [3.8, 4) is 0 Å². The number of amides is 1. The highest BCUT2D eigenvalue weighted by atomic mass is 16.6. The van der Waals surface area contributed by atoms with Crippen molar-refractivity contribution in [3.05, 3.63) is 33.9 Å². The minimum Gasteiger partial charge on any atom is -0.393 e. The molecule has 0 aliphatic carbocycles. The lowest BCUT2D eigenvalue weighted by Gasteiger charge is -2.17. The van der Waals surface area contributed by atoms with E-state index in [0.29, 0.717) is 37.2 Å². The third-order valence-corrected chi connectivity index (χ3v) is 3.43. The van der Waals surface area contributed by atoms with Gasteiger partial charge in [-0.2, -0.15) is 0 Å². The molecule has 22 heavy (non-hydrogen) atoms. The fourth-order valence-electron chi connectivity index (χ4n) is 1.98. The maximum absolute atomic E-state index is 11.9. The Morgan fingerprint density at radius 1 is 1.45 bits per heavy atom. The van der Waals surface area contributed by atoms with Crippen LogP contribution in [0.4, 0.5) is 11.4 Å². The molecule has 1 unspecified atom stereocenters. The zero-order valence-electron chi connectivity index (χ0n) is 13.2. The Balaban J connectivity index is 2.52. The van der Waals surface area contributed by atoms with E-state index in [1.54, 1.807) is 26.0 Å². The highest BCUT2D eigenvalue weighted by Gasteiger charge is 2.15. The first-order valence-corrected chi connectivity index (χ1v) is 7.21. The molecule has 0 aliphatic heterocycles. The number of hydrogen-bond acceptors (Lipinski definition) is 5. The van der Waals surface area contributed by atoms with Gasteiger partial charge in [-0.3, -0.25) is 14.9 Å². The van der Waals surface area contributed by atoms with Crippen molar-refractivity contribution < 1.29 is 14.8 Å². The second-order valence-electron chi connectivity index (χ2n) is 5.45. The molecule has 1 rings (SSSR count). The topological polar surface area (TPSA) is 95.7 Å². The van der Waals surface area contributed by atoms with Crippen molar-refractivity contribution in [1.82, 2.24) is 4.90 Å². The summed E-state index contributed by atoms with van der Waals surface area (Å²) in [5, 5.41) is 22.8. The van der Waals surface area contributed by atoms with Crippen molar-refractivity contribution in [3.63, 3.8) is 0 Å². The molecule has 0 spiro atoms. The van der Waals surface area contributed by atoms with Crippen LogP contribution in [0.2, 0.25) is 0 Å². The number of anilines is 1. The van der Waals surface area contributed by atoms with Gasteiger partial charge in [0.2, 0.25) is 5.91 Å². The first-order chi connectivity index (χ1) is 10.3. The van der Waals surface area contributed by atoms with Crippen LogP contribution in [-0.2, 0) is 4.79 Å². The average Bonchev–Trinajstić information content (AvgIpc) is 2.44.